The Bertz CT molecular complexity index is 1480. The van der Waals surface area contributed by atoms with Gasteiger partial charge in [0.1, 0.15) is 18.5 Å². The number of nitrogens with zero attached hydrogens (tertiary/aromatic N) is 6. The molecule has 0 unspecified atom stereocenters. The van der Waals surface area contributed by atoms with Crippen LogP contribution in [0, 0.1) is 12.7 Å². The van der Waals surface area contributed by atoms with Crippen molar-refractivity contribution in [2.75, 3.05) is 32.1 Å². The normalized spacial score (nSPS) is 19.8. The van der Waals surface area contributed by atoms with Gasteiger partial charge in [0.15, 0.2) is 5.65 Å². The highest BCUT2D eigenvalue weighted by molar-refractivity contribution is 5.84. The number of amides is 1. The minimum atomic E-state index is -0.521. The number of carbonyl (C=O) groups excluding carboxylic acids is 1. The molecule has 36 heavy (non-hydrogen) atoms. The second kappa shape index (κ2) is 8.59. The molecule has 1 aromatic carbocycles. The van der Waals surface area contributed by atoms with Crippen LogP contribution in [0.2, 0.25) is 0 Å². The van der Waals surface area contributed by atoms with E-state index in [1.54, 1.807) is 33.6 Å². The summed E-state index contributed by atoms with van der Waals surface area (Å²) in [5.74, 6) is -0.0553. The first-order valence-corrected chi connectivity index (χ1v) is 11.8. The van der Waals surface area contributed by atoms with Gasteiger partial charge in [-0.05, 0) is 30.7 Å². The number of aryl methyl sites for hydroxylation is 1. The predicted octanol–water partition coefficient (Wildman–Crippen LogP) is 2.66. The van der Waals surface area contributed by atoms with Crippen molar-refractivity contribution in [3.8, 4) is 28.1 Å². The van der Waals surface area contributed by atoms with Crippen molar-refractivity contribution in [2.45, 2.75) is 25.5 Å². The monoisotopic (exact) mass is 491 g/mol. The van der Waals surface area contributed by atoms with Crippen LogP contribution in [-0.4, -0.2) is 74.1 Å². The first-order valence-electron chi connectivity index (χ1n) is 11.8. The quantitative estimate of drug-likeness (QED) is 0.460. The second-order valence-corrected chi connectivity index (χ2v) is 9.17. The highest BCUT2D eigenvalue weighted by Gasteiger charge is 2.40. The number of aromatic nitrogens is 5. The fraction of sp³-hybridized carbons (Fsp3) is 0.360. The Morgan fingerprint density at radius 3 is 2.78 bits per heavy atom. The first kappa shape index (κ1) is 22.5. The summed E-state index contributed by atoms with van der Waals surface area (Å²) in [5, 5.41) is 12.1. The van der Waals surface area contributed by atoms with Crippen molar-refractivity contribution < 1.29 is 18.7 Å². The molecule has 2 atom stereocenters. The summed E-state index contributed by atoms with van der Waals surface area (Å²) in [6, 6.07) is 4.56. The summed E-state index contributed by atoms with van der Waals surface area (Å²) in [6.07, 6.45) is 5.29. The van der Waals surface area contributed by atoms with Crippen molar-refractivity contribution >= 4 is 17.2 Å². The van der Waals surface area contributed by atoms with Crippen LogP contribution >= 0.6 is 0 Å². The number of benzene rings is 1. The van der Waals surface area contributed by atoms with Crippen molar-refractivity contribution in [3.05, 3.63) is 48.3 Å². The largest absolute Gasteiger partial charge is 0.475 e. The fourth-order valence-electron chi connectivity index (χ4n) is 4.99. The lowest BCUT2D eigenvalue weighted by atomic mass is 10.1. The van der Waals surface area contributed by atoms with Crippen LogP contribution in [0.25, 0.3) is 27.9 Å². The molecule has 10 nitrogen and oxygen atoms in total. The van der Waals surface area contributed by atoms with Gasteiger partial charge in [-0.2, -0.15) is 15.2 Å². The molecule has 1 saturated heterocycles. The summed E-state index contributed by atoms with van der Waals surface area (Å²) in [6.45, 7) is 3.11. The number of hydrogen-bond donors (Lipinski definition) is 1. The molecule has 1 N–H and O–H groups in total. The van der Waals surface area contributed by atoms with Crippen LogP contribution in [0.15, 0.2) is 36.8 Å². The number of anilines is 1. The van der Waals surface area contributed by atoms with Gasteiger partial charge in [0.05, 0.1) is 24.0 Å². The zero-order valence-corrected chi connectivity index (χ0v) is 20.2. The van der Waals surface area contributed by atoms with E-state index in [4.69, 9.17) is 14.5 Å². The summed E-state index contributed by atoms with van der Waals surface area (Å²) >= 11 is 0. The van der Waals surface area contributed by atoms with Crippen molar-refractivity contribution in [1.29, 1.82) is 0 Å². The zero-order valence-electron chi connectivity index (χ0n) is 20.2. The topological polar surface area (TPSA) is 98.8 Å². The number of halogens is 1. The van der Waals surface area contributed by atoms with E-state index in [9.17, 15) is 9.18 Å². The Balaban J connectivity index is 1.52. The molecule has 11 heteroatoms. The Morgan fingerprint density at radius 2 is 2.00 bits per heavy atom. The molecule has 4 aromatic rings. The molecule has 0 spiro atoms. The number of rotatable bonds is 2. The van der Waals surface area contributed by atoms with Crippen LogP contribution in [0.1, 0.15) is 12.1 Å². The van der Waals surface area contributed by atoms with E-state index in [-0.39, 0.29) is 24.4 Å². The first-order chi connectivity index (χ1) is 17.4. The average Bonchev–Trinajstić information content (AvgIpc) is 3.52. The number of fused-ring (bicyclic) bond motifs is 5. The molecule has 0 aliphatic carbocycles. The summed E-state index contributed by atoms with van der Waals surface area (Å²) in [7, 11) is 3.41. The van der Waals surface area contributed by atoms with Crippen molar-refractivity contribution in [2.24, 2.45) is 7.05 Å². The fourth-order valence-corrected chi connectivity index (χ4v) is 4.99. The molecule has 186 valence electrons. The molecule has 4 bridgehead atoms. The van der Waals surface area contributed by atoms with Crippen LogP contribution < -0.4 is 10.1 Å². The smallest absolute Gasteiger partial charge is 0.252 e. The van der Waals surface area contributed by atoms with Crippen LogP contribution in [-0.2, 0) is 16.6 Å². The lowest BCUT2D eigenvalue weighted by molar-refractivity contribution is -0.136. The van der Waals surface area contributed by atoms with Crippen molar-refractivity contribution in [3.63, 3.8) is 0 Å². The second-order valence-electron chi connectivity index (χ2n) is 9.17. The third-order valence-corrected chi connectivity index (χ3v) is 7.06. The van der Waals surface area contributed by atoms with Gasteiger partial charge in [-0.1, -0.05) is 0 Å². The van der Waals surface area contributed by atoms with Gasteiger partial charge >= 0.3 is 0 Å². The van der Waals surface area contributed by atoms with E-state index < -0.39 is 6.10 Å². The maximum absolute atomic E-state index is 14.6. The number of nitrogens with one attached hydrogen (secondary N) is 1. The molecule has 1 amide bonds. The van der Waals surface area contributed by atoms with E-state index in [2.05, 4.69) is 15.5 Å². The van der Waals surface area contributed by atoms with E-state index in [0.29, 0.717) is 47.9 Å². The average molecular weight is 492 g/mol. The van der Waals surface area contributed by atoms with Crippen molar-refractivity contribution in [1.82, 2.24) is 29.3 Å². The molecule has 0 saturated carbocycles. The number of methoxy groups -OCH3 is 1. The minimum absolute atomic E-state index is 0.0789. The standard InChI is InChI=1S/C25H26FN7O3/c1-14-19(10-28-31(14)2)21-12-33-23-20(11-29-33)15-6-16(26)8-17(7-15)27-4-5-32-18(13-36-24(21)30-23)9-22(35-3)25(32)34/h6-8,10-12,18,22,27H,4-5,9,13H2,1-3H3/t18-,22+/m0/s1. The number of hydrogen-bond acceptors (Lipinski definition) is 7. The van der Waals surface area contributed by atoms with E-state index in [0.717, 1.165) is 16.8 Å². The van der Waals surface area contributed by atoms with Crippen LogP contribution in [0.5, 0.6) is 5.88 Å². The molecule has 2 aliphatic rings. The predicted molar refractivity (Wildman–Crippen MR) is 130 cm³/mol. The van der Waals surface area contributed by atoms with E-state index >= 15 is 0 Å². The molecule has 2 aliphatic heterocycles. The lowest BCUT2D eigenvalue weighted by Gasteiger charge is -2.25. The highest BCUT2D eigenvalue weighted by atomic mass is 19.1. The summed E-state index contributed by atoms with van der Waals surface area (Å²) < 4.78 is 29.8. The molecule has 5 heterocycles. The van der Waals surface area contributed by atoms with E-state index in [1.165, 1.54) is 12.1 Å². The van der Waals surface area contributed by atoms with Gasteiger partial charge < -0.3 is 19.7 Å². The summed E-state index contributed by atoms with van der Waals surface area (Å²) in [4.78, 5) is 19.6. The molecule has 6 rings (SSSR count). The molecular formula is C25H26FN7O3. The van der Waals surface area contributed by atoms with Gasteiger partial charge in [-0.25, -0.2) is 8.91 Å². The van der Waals surface area contributed by atoms with Gasteiger partial charge in [-0.3, -0.25) is 9.48 Å². The minimum Gasteiger partial charge on any atom is -0.475 e. The third-order valence-electron chi connectivity index (χ3n) is 7.06. The van der Waals surface area contributed by atoms with E-state index in [1.807, 2.05) is 26.2 Å². The Morgan fingerprint density at radius 1 is 1.17 bits per heavy atom. The van der Waals surface area contributed by atoms with Gasteiger partial charge in [0, 0.05) is 62.4 Å². The number of ether oxygens (including phenoxy) is 2. The third kappa shape index (κ3) is 3.67. The maximum Gasteiger partial charge on any atom is 0.252 e. The Hall–Kier alpha value is -3.99. The highest BCUT2D eigenvalue weighted by Crippen LogP contribution is 2.35. The Labute approximate surface area is 206 Å². The Kier molecular flexibility index (Phi) is 5.36. The SMILES string of the molecule is CO[C@@H]1C[C@H]2COc3nc4c(cnn4cc3-c3cnn(C)c3C)-c3cc(F)cc(c3)NCCN2C1=O. The zero-order chi connectivity index (χ0) is 25.0. The maximum atomic E-state index is 14.6. The molecule has 3 aromatic heterocycles. The summed E-state index contributed by atoms with van der Waals surface area (Å²) in [5.41, 5.74) is 5.03. The van der Waals surface area contributed by atoms with Gasteiger partial charge in [-0.15, -0.1) is 0 Å². The molecular weight excluding hydrogens is 465 g/mol. The lowest BCUT2D eigenvalue weighted by Crippen LogP contribution is -2.41. The van der Waals surface area contributed by atoms with Crippen LogP contribution in [0.4, 0.5) is 10.1 Å². The molecule has 0 radical (unpaired) electrons. The molecule has 1 fully saturated rings. The van der Waals surface area contributed by atoms with Gasteiger partial charge in [0.2, 0.25) is 5.88 Å². The number of carbonyl (C=O) groups is 1. The van der Waals surface area contributed by atoms with Crippen LogP contribution in [0.3, 0.4) is 0 Å². The van der Waals surface area contributed by atoms with Gasteiger partial charge in [0.25, 0.3) is 5.91 Å².